The number of rotatable bonds is 15. The highest BCUT2D eigenvalue weighted by Crippen LogP contribution is 2.42. The molecule has 0 aromatic rings. The largest absolute Gasteiger partial charge is 0.347 e. The van der Waals surface area contributed by atoms with Gasteiger partial charge in [0.15, 0.2) is 9.84 Å². The Labute approximate surface area is 318 Å². The molecule has 0 aromatic heterocycles. The van der Waals surface area contributed by atoms with Crippen molar-refractivity contribution in [3.05, 3.63) is 0 Å². The predicted octanol–water partition coefficient (Wildman–Crippen LogP) is 5.18. The second kappa shape index (κ2) is 17.4. The molecule has 0 aromatic carbocycles. The highest BCUT2D eigenvalue weighted by atomic mass is 32.2. The van der Waals surface area contributed by atoms with Crippen LogP contribution in [0, 0.1) is 23.2 Å². The topological polar surface area (TPSA) is 171 Å². The monoisotopic (exact) mass is 763 g/mol. The van der Waals surface area contributed by atoms with Crippen molar-refractivity contribution in [1.29, 1.82) is 0 Å². The number of hydrogen-bond acceptors (Lipinski definition) is 7. The molecule has 4 aliphatic rings. The van der Waals surface area contributed by atoms with Crippen LogP contribution in [0.2, 0.25) is 0 Å². The maximum atomic E-state index is 15.1. The van der Waals surface area contributed by atoms with E-state index < -0.39 is 67.3 Å². The maximum absolute atomic E-state index is 15.1. The van der Waals surface area contributed by atoms with E-state index in [1.54, 1.807) is 25.7 Å². The van der Waals surface area contributed by atoms with Gasteiger partial charge in [0.25, 0.3) is 5.91 Å². The van der Waals surface area contributed by atoms with Gasteiger partial charge in [0.05, 0.1) is 22.1 Å². The van der Waals surface area contributed by atoms with E-state index in [-0.39, 0.29) is 35.5 Å². The Bertz CT molecular complexity index is 1440. The zero-order valence-corrected chi connectivity index (χ0v) is 34.6. The van der Waals surface area contributed by atoms with Crippen molar-refractivity contribution in [3.63, 3.8) is 0 Å². The van der Waals surface area contributed by atoms with E-state index in [1.165, 1.54) is 0 Å². The molecular weight excluding hydrogens is 695 g/mol. The van der Waals surface area contributed by atoms with Crippen molar-refractivity contribution < 1.29 is 32.4 Å². The van der Waals surface area contributed by atoms with Crippen LogP contribution in [0.5, 0.6) is 0 Å². The number of urea groups is 1. The average Bonchev–Trinajstić information content (AvgIpc) is 3.82. The van der Waals surface area contributed by atoms with E-state index in [2.05, 4.69) is 35.1 Å². The fraction of sp³-hybridized carbons (Fsp3) is 0.875. The Kier molecular flexibility index (Phi) is 14.1. The number of nitrogens with zero attached hydrogens (tertiary/aromatic N) is 1. The summed E-state index contributed by atoms with van der Waals surface area (Å²) < 4.78 is 26.0. The first-order chi connectivity index (χ1) is 24.7. The van der Waals surface area contributed by atoms with Gasteiger partial charge in [-0.25, -0.2) is 13.2 Å². The van der Waals surface area contributed by atoms with Gasteiger partial charge in [0, 0.05) is 12.6 Å². The summed E-state index contributed by atoms with van der Waals surface area (Å²) >= 11 is 0. The van der Waals surface area contributed by atoms with Crippen molar-refractivity contribution in [2.45, 2.75) is 186 Å². The van der Waals surface area contributed by atoms with Crippen LogP contribution in [0.4, 0.5) is 4.79 Å². The second-order valence-electron chi connectivity index (χ2n) is 18.5. The smallest absolute Gasteiger partial charge is 0.315 e. The third-order valence-electron chi connectivity index (χ3n) is 12.7. The summed E-state index contributed by atoms with van der Waals surface area (Å²) in [4.78, 5) is 71.3. The van der Waals surface area contributed by atoms with Crippen molar-refractivity contribution in [1.82, 2.24) is 26.2 Å². The van der Waals surface area contributed by atoms with E-state index in [9.17, 15) is 27.6 Å². The van der Waals surface area contributed by atoms with E-state index in [1.807, 2.05) is 20.8 Å². The van der Waals surface area contributed by atoms with Crippen molar-refractivity contribution >= 4 is 39.4 Å². The Balaban J connectivity index is 1.63. The lowest BCUT2D eigenvalue weighted by Crippen LogP contribution is -2.64. The Morgan fingerprint density at radius 1 is 0.887 bits per heavy atom. The molecule has 13 heteroatoms. The molecule has 4 fully saturated rings. The minimum absolute atomic E-state index is 0.00223. The molecule has 4 N–H and O–H groups in total. The zero-order valence-electron chi connectivity index (χ0n) is 33.8. The summed E-state index contributed by atoms with van der Waals surface area (Å²) in [5.74, 6) is -2.45. The highest BCUT2D eigenvalue weighted by Gasteiger charge is 2.52. The second-order valence-corrected chi connectivity index (χ2v) is 21.2. The van der Waals surface area contributed by atoms with E-state index in [4.69, 9.17) is 0 Å². The molecule has 1 saturated heterocycles. The first-order valence-electron chi connectivity index (χ1n) is 20.5. The first-order valence-corrected chi connectivity index (χ1v) is 22.2. The fourth-order valence-electron chi connectivity index (χ4n) is 8.90. The summed E-state index contributed by atoms with van der Waals surface area (Å²) in [6.07, 6.45) is 11.3. The highest BCUT2D eigenvalue weighted by molar-refractivity contribution is 7.92. The average molecular weight is 764 g/mol. The normalized spacial score (nSPS) is 25.6. The van der Waals surface area contributed by atoms with Gasteiger partial charge in [-0.15, -0.1) is 0 Å². The molecular formula is C40H69N5O7S. The van der Waals surface area contributed by atoms with Crippen LogP contribution in [0.15, 0.2) is 0 Å². The Hall–Kier alpha value is -2.70. The van der Waals surface area contributed by atoms with Gasteiger partial charge in [-0.3, -0.25) is 19.2 Å². The maximum Gasteiger partial charge on any atom is 0.315 e. The summed E-state index contributed by atoms with van der Waals surface area (Å²) in [6, 6.07) is -3.43. The lowest BCUT2D eigenvalue weighted by molar-refractivity contribution is -0.145. The number of carbonyl (C=O) groups is 5. The first kappa shape index (κ1) is 43.0. The van der Waals surface area contributed by atoms with Crippen LogP contribution in [-0.4, -0.2) is 89.6 Å². The van der Waals surface area contributed by atoms with Gasteiger partial charge in [0.1, 0.15) is 12.1 Å². The van der Waals surface area contributed by atoms with Crippen molar-refractivity contribution in [2.75, 3.05) is 12.3 Å². The standard InChI is InChI=1S/C40H69N5O7S/c1-9-10-17-30(32(46)35(48)41-28-18-19-28)42-34(47)31-27(4)29(26(2)3)24-45(31)36(49)33(39(8)20-13-11-14-21-39)43-37(50)44-40(22-15-12-16-23-40)25-53(51,52)38(5,6)7/h26-31,33H,9-25H2,1-8H3,(H,41,48)(H,42,47)(H2,43,44,50)/t27?,29-,30+,31+,33-/m1/s1. The van der Waals surface area contributed by atoms with Gasteiger partial charge < -0.3 is 26.2 Å². The van der Waals surface area contributed by atoms with Gasteiger partial charge in [-0.2, -0.15) is 0 Å². The van der Waals surface area contributed by atoms with Crippen molar-refractivity contribution in [2.24, 2.45) is 23.2 Å². The van der Waals surface area contributed by atoms with Gasteiger partial charge >= 0.3 is 6.03 Å². The molecule has 3 saturated carbocycles. The molecule has 0 bridgehead atoms. The molecule has 3 aliphatic carbocycles. The van der Waals surface area contributed by atoms with Crippen LogP contribution in [-0.2, 0) is 29.0 Å². The van der Waals surface area contributed by atoms with Gasteiger partial charge in [-0.1, -0.05) is 86.0 Å². The molecule has 4 rings (SSSR count). The summed E-state index contributed by atoms with van der Waals surface area (Å²) in [5, 5.41) is 11.8. The number of nitrogens with one attached hydrogen (secondary N) is 4. The predicted molar refractivity (Wildman–Crippen MR) is 207 cm³/mol. The number of unbranched alkanes of at least 4 members (excludes halogenated alkanes) is 1. The van der Waals surface area contributed by atoms with E-state index in [0.717, 1.165) is 57.8 Å². The number of hydrogen-bond donors (Lipinski definition) is 4. The molecule has 5 atom stereocenters. The Morgan fingerprint density at radius 2 is 1.47 bits per heavy atom. The summed E-state index contributed by atoms with van der Waals surface area (Å²) in [7, 11) is -3.57. The molecule has 0 spiro atoms. The lowest BCUT2D eigenvalue weighted by Gasteiger charge is -2.44. The number of ketones is 1. The molecule has 0 radical (unpaired) electrons. The minimum atomic E-state index is -3.57. The lowest BCUT2D eigenvalue weighted by atomic mass is 9.70. The molecule has 1 aliphatic heterocycles. The summed E-state index contributed by atoms with van der Waals surface area (Å²) in [6.45, 7) is 15.5. The molecule has 1 heterocycles. The number of amides is 5. The Morgan fingerprint density at radius 3 is 2.00 bits per heavy atom. The van der Waals surface area contributed by atoms with E-state index in [0.29, 0.717) is 45.1 Å². The molecule has 302 valence electrons. The van der Waals surface area contributed by atoms with Crippen LogP contribution in [0.25, 0.3) is 0 Å². The van der Waals surface area contributed by atoms with Gasteiger partial charge in [0.2, 0.25) is 17.6 Å². The number of carbonyl (C=O) groups excluding carboxylic acids is 5. The van der Waals surface area contributed by atoms with Crippen molar-refractivity contribution in [3.8, 4) is 0 Å². The van der Waals surface area contributed by atoms with E-state index >= 15 is 4.79 Å². The zero-order chi connectivity index (χ0) is 39.4. The fourth-order valence-corrected chi connectivity index (χ4v) is 10.4. The van der Waals surface area contributed by atoms with Crippen LogP contribution >= 0.6 is 0 Å². The summed E-state index contributed by atoms with van der Waals surface area (Å²) in [5.41, 5.74) is -1.54. The quantitative estimate of drug-likeness (QED) is 0.167. The SMILES string of the molecule is CCCC[C@H](NC(=O)[C@@H]1C(C)[C@@H](C(C)C)CN1C(=O)[C@@H](NC(=O)NC1(CS(=O)(=O)C(C)(C)C)CCCCC1)C1(C)CCCCC1)C(=O)C(=O)NC1CC1. The third kappa shape index (κ3) is 10.5. The molecule has 12 nitrogen and oxygen atoms in total. The number of sulfone groups is 1. The molecule has 53 heavy (non-hydrogen) atoms. The minimum Gasteiger partial charge on any atom is -0.347 e. The molecule has 1 unspecified atom stereocenters. The van der Waals surface area contributed by atoms with Gasteiger partial charge in [-0.05, 0) is 88.9 Å². The third-order valence-corrected chi connectivity index (χ3v) is 15.5. The molecule has 5 amide bonds. The van der Waals surface area contributed by atoms with Crippen LogP contribution in [0.1, 0.15) is 152 Å². The van der Waals surface area contributed by atoms with Crippen LogP contribution < -0.4 is 21.3 Å². The van der Waals surface area contributed by atoms with Crippen LogP contribution in [0.3, 0.4) is 0 Å². The number of likely N-dealkylation sites (tertiary alicyclic amines) is 1. The number of Topliss-reactive ketones (excluding diaryl/α,β-unsaturated/α-hetero) is 1.